The lowest BCUT2D eigenvalue weighted by molar-refractivity contribution is -0.122. The van der Waals surface area contributed by atoms with Crippen LogP contribution in [0.4, 0.5) is 0 Å². The standard InChI is InChI=1S/C19H25NO3/c1-4-16(15-8-6-5-7-9-15)19(22)20-11-10-18(21)17-12-13(2)23-14(17)3/h5-9,12,16,18,21H,4,10-11H2,1-3H3,(H,20,22)/t16-,18-/m0/s1. The maximum absolute atomic E-state index is 12.4. The molecular formula is C19H25NO3. The maximum Gasteiger partial charge on any atom is 0.227 e. The number of amides is 1. The summed E-state index contributed by atoms with van der Waals surface area (Å²) in [6.45, 7) is 6.14. The van der Waals surface area contributed by atoms with Crippen LogP contribution in [0.1, 0.15) is 54.4 Å². The zero-order valence-electron chi connectivity index (χ0n) is 14.0. The van der Waals surface area contributed by atoms with Crippen LogP contribution < -0.4 is 5.32 Å². The van der Waals surface area contributed by atoms with E-state index in [0.717, 1.165) is 29.1 Å². The number of aryl methyl sites for hydroxylation is 2. The van der Waals surface area contributed by atoms with Gasteiger partial charge in [-0.2, -0.15) is 0 Å². The van der Waals surface area contributed by atoms with Gasteiger partial charge in [-0.25, -0.2) is 0 Å². The van der Waals surface area contributed by atoms with Crippen LogP contribution in [-0.4, -0.2) is 17.6 Å². The third kappa shape index (κ3) is 4.45. The summed E-state index contributed by atoms with van der Waals surface area (Å²) in [7, 11) is 0. The molecule has 0 aliphatic rings. The third-order valence-corrected chi connectivity index (χ3v) is 4.08. The average Bonchev–Trinajstić information content (AvgIpc) is 2.87. The van der Waals surface area contributed by atoms with Crippen molar-refractivity contribution in [3.05, 3.63) is 59.0 Å². The zero-order chi connectivity index (χ0) is 16.8. The Bertz CT molecular complexity index is 633. The van der Waals surface area contributed by atoms with Crippen LogP contribution in [0.2, 0.25) is 0 Å². The molecule has 0 aliphatic carbocycles. The van der Waals surface area contributed by atoms with Gasteiger partial charge in [-0.15, -0.1) is 0 Å². The Hall–Kier alpha value is -2.07. The summed E-state index contributed by atoms with van der Waals surface area (Å²) < 4.78 is 5.43. The number of aliphatic hydroxyl groups excluding tert-OH is 1. The molecule has 2 atom stereocenters. The predicted molar refractivity (Wildman–Crippen MR) is 90.2 cm³/mol. The van der Waals surface area contributed by atoms with E-state index in [2.05, 4.69) is 5.32 Å². The number of aliphatic hydroxyl groups is 1. The van der Waals surface area contributed by atoms with Gasteiger partial charge < -0.3 is 14.8 Å². The van der Waals surface area contributed by atoms with Gasteiger partial charge in [0, 0.05) is 12.1 Å². The summed E-state index contributed by atoms with van der Waals surface area (Å²) in [5.74, 6) is 1.38. The van der Waals surface area contributed by atoms with Crippen molar-refractivity contribution in [2.45, 2.75) is 45.6 Å². The number of furan rings is 1. The summed E-state index contributed by atoms with van der Waals surface area (Å²) in [4.78, 5) is 12.4. The van der Waals surface area contributed by atoms with Crippen molar-refractivity contribution < 1.29 is 14.3 Å². The maximum atomic E-state index is 12.4. The van der Waals surface area contributed by atoms with Gasteiger partial charge in [-0.05, 0) is 38.3 Å². The lowest BCUT2D eigenvalue weighted by atomic mass is 9.95. The molecule has 2 aromatic rings. The van der Waals surface area contributed by atoms with Crippen molar-refractivity contribution in [1.82, 2.24) is 5.32 Å². The van der Waals surface area contributed by atoms with Crippen LogP contribution in [0.15, 0.2) is 40.8 Å². The normalized spacial score (nSPS) is 13.6. The van der Waals surface area contributed by atoms with Crippen LogP contribution in [0.25, 0.3) is 0 Å². The molecule has 124 valence electrons. The number of rotatable bonds is 7. The smallest absolute Gasteiger partial charge is 0.227 e. The summed E-state index contributed by atoms with van der Waals surface area (Å²) in [6, 6.07) is 11.6. The van der Waals surface area contributed by atoms with Gasteiger partial charge in [-0.3, -0.25) is 4.79 Å². The Morgan fingerprint density at radius 1 is 1.26 bits per heavy atom. The van der Waals surface area contributed by atoms with Gasteiger partial charge in [0.15, 0.2) is 0 Å². The Morgan fingerprint density at radius 3 is 2.52 bits per heavy atom. The summed E-state index contributed by atoms with van der Waals surface area (Å²) in [5.41, 5.74) is 1.82. The highest BCUT2D eigenvalue weighted by Crippen LogP contribution is 2.24. The first-order chi connectivity index (χ1) is 11.0. The number of carbonyl (C=O) groups is 1. The molecule has 0 unspecified atom stereocenters. The van der Waals surface area contributed by atoms with E-state index in [1.54, 1.807) is 0 Å². The lowest BCUT2D eigenvalue weighted by Gasteiger charge is -2.16. The molecular weight excluding hydrogens is 290 g/mol. The van der Waals surface area contributed by atoms with Gasteiger partial charge in [0.25, 0.3) is 0 Å². The Morgan fingerprint density at radius 2 is 1.96 bits per heavy atom. The molecule has 2 rings (SSSR count). The topological polar surface area (TPSA) is 62.5 Å². The summed E-state index contributed by atoms with van der Waals surface area (Å²) in [6.07, 6.45) is 0.597. The quantitative estimate of drug-likeness (QED) is 0.820. The largest absolute Gasteiger partial charge is 0.466 e. The van der Waals surface area contributed by atoms with Crippen molar-refractivity contribution in [2.24, 2.45) is 0 Å². The molecule has 23 heavy (non-hydrogen) atoms. The number of hydrogen-bond acceptors (Lipinski definition) is 3. The lowest BCUT2D eigenvalue weighted by Crippen LogP contribution is -2.30. The molecule has 0 aliphatic heterocycles. The number of hydrogen-bond donors (Lipinski definition) is 2. The predicted octanol–water partition coefficient (Wildman–Crippen LogP) is 3.63. The first-order valence-electron chi connectivity index (χ1n) is 8.10. The van der Waals surface area contributed by atoms with E-state index < -0.39 is 6.10 Å². The molecule has 0 spiro atoms. The van der Waals surface area contributed by atoms with Crippen LogP contribution >= 0.6 is 0 Å². The first kappa shape index (κ1) is 17.3. The number of benzene rings is 1. The molecule has 0 bridgehead atoms. The van der Waals surface area contributed by atoms with E-state index >= 15 is 0 Å². The van der Waals surface area contributed by atoms with Crippen molar-refractivity contribution in [2.75, 3.05) is 6.54 Å². The molecule has 4 heteroatoms. The van der Waals surface area contributed by atoms with Crippen LogP contribution in [0, 0.1) is 13.8 Å². The highest BCUT2D eigenvalue weighted by molar-refractivity contribution is 5.83. The third-order valence-electron chi connectivity index (χ3n) is 4.08. The minimum atomic E-state index is -0.621. The number of carbonyl (C=O) groups excluding carboxylic acids is 1. The SMILES string of the molecule is CC[C@H](C(=O)NCC[C@H](O)c1cc(C)oc1C)c1ccccc1. The first-order valence-corrected chi connectivity index (χ1v) is 8.10. The molecule has 4 nitrogen and oxygen atoms in total. The van der Waals surface area contributed by atoms with Gasteiger partial charge in [0.1, 0.15) is 11.5 Å². The monoisotopic (exact) mass is 315 g/mol. The van der Waals surface area contributed by atoms with Gasteiger partial charge in [0.2, 0.25) is 5.91 Å². The Kier molecular flexibility index (Phi) is 5.99. The molecule has 1 heterocycles. The minimum absolute atomic E-state index is 0.00555. The Labute approximate surface area is 137 Å². The van der Waals surface area contributed by atoms with E-state index in [1.165, 1.54) is 0 Å². The summed E-state index contributed by atoms with van der Waals surface area (Å²) >= 11 is 0. The number of nitrogens with one attached hydrogen (secondary N) is 1. The van der Waals surface area contributed by atoms with E-state index in [4.69, 9.17) is 4.42 Å². The van der Waals surface area contributed by atoms with Gasteiger partial charge in [-0.1, -0.05) is 37.3 Å². The second-order valence-electron chi connectivity index (χ2n) is 5.84. The fourth-order valence-electron chi connectivity index (χ4n) is 2.85. The van der Waals surface area contributed by atoms with E-state index in [9.17, 15) is 9.90 Å². The molecule has 2 N–H and O–H groups in total. The van der Waals surface area contributed by atoms with Gasteiger partial charge in [0.05, 0.1) is 12.0 Å². The molecule has 1 aromatic carbocycles. The highest BCUT2D eigenvalue weighted by atomic mass is 16.3. The molecule has 0 saturated carbocycles. The molecule has 0 saturated heterocycles. The Balaban J connectivity index is 1.87. The molecule has 1 amide bonds. The highest BCUT2D eigenvalue weighted by Gasteiger charge is 2.19. The van der Waals surface area contributed by atoms with Crippen molar-refractivity contribution >= 4 is 5.91 Å². The summed E-state index contributed by atoms with van der Waals surface area (Å²) in [5, 5.41) is 13.2. The fraction of sp³-hybridized carbons (Fsp3) is 0.421. The van der Waals surface area contributed by atoms with E-state index in [1.807, 2.05) is 57.2 Å². The van der Waals surface area contributed by atoms with Crippen LogP contribution in [0.5, 0.6) is 0 Å². The second kappa shape index (κ2) is 7.97. The fourth-order valence-corrected chi connectivity index (χ4v) is 2.85. The van der Waals surface area contributed by atoms with Crippen molar-refractivity contribution in [1.29, 1.82) is 0 Å². The zero-order valence-corrected chi connectivity index (χ0v) is 14.0. The van der Waals surface area contributed by atoms with Crippen molar-refractivity contribution in [3.63, 3.8) is 0 Å². The molecule has 0 radical (unpaired) electrons. The average molecular weight is 315 g/mol. The molecule has 0 fully saturated rings. The van der Waals surface area contributed by atoms with Crippen LogP contribution in [0.3, 0.4) is 0 Å². The van der Waals surface area contributed by atoms with Crippen molar-refractivity contribution in [3.8, 4) is 0 Å². The molecule has 1 aromatic heterocycles. The van der Waals surface area contributed by atoms with E-state index in [-0.39, 0.29) is 11.8 Å². The van der Waals surface area contributed by atoms with Gasteiger partial charge >= 0.3 is 0 Å². The minimum Gasteiger partial charge on any atom is -0.466 e. The van der Waals surface area contributed by atoms with E-state index in [0.29, 0.717) is 13.0 Å². The second-order valence-corrected chi connectivity index (χ2v) is 5.84. The van der Waals surface area contributed by atoms with Crippen LogP contribution in [-0.2, 0) is 4.79 Å².